The van der Waals surface area contributed by atoms with Gasteiger partial charge < -0.3 is 14.5 Å². The number of carbonyl (C=O) groups is 1. The van der Waals surface area contributed by atoms with E-state index in [1.165, 1.54) is 10.9 Å². The zero-order valence-electron chi connectivity index (χ0n) is 15.9. The van der Waals surface area contributed by atoms with Gasteiger partial charge in [0, 0.05) is 55.8 Å². The SMILES string of the molecule is Cn1c(C2CCN(C(=O)CCc3c[nH]c4ccccc34)C2)nc2ccncc21. The fourth-order valence-electron chi connectivity index (χ4n) is 4.35. The Kier molecular flexibility index (Phi) is 4.11. The first kappa shape index (κ1) is 17.0. The number of H-pyrrole nitrogens is 1. The van der Waals surface area contributed by atoms with Crippen molar-refractivity contribution in [1.29, 1.82) is 0 Å². The maximum Gasteiger partial charge on any atom is 0.222 e. The van der Waals surface area contributed by atoms with Crippen LogP contribution in [0.4, 0.5) is 0 Å². The zero-order valence-corrected chi connectivity index (χ0v) is 15.9. The van der Waals surface area contributed by atoms with Gasteiger partial charge in [-0.1, -0.05) is 18.2 Å². The van der Waals surface area contributed by atoms with Crippen LogP contribution < -0.4 is 0 Å². The quantitative estimate of drug-likeness (QED) is 0.596. The summed E-state index contributed by atoms with van der Waals surface area (Å²) in [6.45, 7) is 1.55. The molecule has 28 heavy (non-hydrogen) atoms. The fraction of sp³-hybridized carbons (Fsp3) is 0.318. The van der Waals surface area contributed by atoms with E-state index in [1.54, 1.807) is 6.20 Å². The molecular weight excluding hydrogens is 350 g/mol. The average molecular weight is 373 g/mol. The number of benzene rings is 1. The van der Waals surface area contributed by atoms with E-state index in [-0.39, 0.29) is 11.8 Å². The van der Waals surface area contributed by atoms with E-state index in [1.807, 2.05) is 42.5 Å². The van der Waals surface area contributed by atoms with Gasteiger partial charge in [-0.2, -0.15) is 0 Å². The van der Waals surface area contributed by atoms with Crippen LogP contribution in [0.15, 0.2) is 48.9 Å². The van der Waals surface area contributed by atoms with E-state index in [4.69, 9.17) is 4.98 Å². The highest BCUT2D eigenvalue weighted by atomic mass is 16.2. The van der Waals surface area contributed by atoms with Crippen molar-refractivity contribution in [2.24, 2.45) is 7.05 Å². The zero-order chi connectivity index (χ0) is 19.1. The minimum absolute atomic E-state index is 0.230. The molecule has 4 heterocycles. The number of amides is 1. The summed E-state index contributed by atoms with van der Waals surface area (Å²) in [5.41, 5.74) is 4.35. The lowest BCUT2D eigenvalue weighted by Gasteiger charge is -2.16. The highest BCUT2D eigenvalue weighted by Gasteiger charge is 2.30. The van der Waals surface area contributed by atoms with Crippen LogP contribution >= 0.6 is 0 Å². The van der Waals surface area contributed by atoms with Gasteiger partial charge in [0.1, 0.15) is 5.82 Å². The number of rotatable bonds is 4. The summed E-state index contributed by atoms with van der Waals surface area (Å²) in [5.74, 6) is 1.57. The molecular formula is C22H23N5O. The Bertz CT molecular complexity index is 1160. The Morgan fingerprint density at radius 3 is 3.07 bits per heavy atom. The van der Waals surface area contributed by atoms with Gasteiger partial charge >= 0.3 is 0 Å². The maximum atomic E-state index is 12.8. The van der Waals surface area contributed by atoms with Crippen molar-refractivity contribution in [3.8, 4) is 0 Å². The molecule has 0 spiro atoms. The maximum absolute atomic E-state index is 12.8. The molecule has 1 unspecified atom stereocenters. The molecule has 0 saturated carbocycles. The summed E-state index contributed by atoms with van der Waals surface area (Å²) in [4.78, 5) is 27.1. The minimum Gasteiger partial charge on any atom is -0.361 e. The van der Waals surface area contributed by atoms with Crippen molar-refractivity contribution in [3.63, 3.8) is 0 Å². The first-order chi connectivity index (χ1) is 13.7. The molecule has 1 saturated heterocycles. The van der Waals surface area contributed by atoms with E-state index >= 15 is 0 Å². The molecule has 0 bridgehead atoms. The Balaban J connectivity index is 1.26. The number of imidazole rings is 1. The molecule has 3 aromatic heterocycles. The standard InChI is InChI=1S/C22H23N5O/c1-26-20-13-23-10-8-19(20)25-22(26)16-9-11-27(14-16)21(28)7-6-15-12-24-18-5-3-2-4-17(15)18/h2-5,8,10,12-13,16,24H,6-7,9,11,14H2,1H3. The smallest absolute Gasteiger partial charge is 0.222 e. The summed E-state index contributed by atoms with van der Waals surface area (Å²) in [7, 11) is 2.04. The molecule has 1 aromatic carbocycles. The molecule has 4 aromatic rings. The van der Waals surface area contributed by atoms with Crippen molar-refractivity contribution in [2.45, 2.75) is 25.2 Å². The third-order valence-electron chi connectivity index (χ3n) is 5.91. The second-order valence-electron chi connectivity index (χ2n) is 7.58. The van der Waals surface area contributed by atoms with Crippen LogP contribution in [0.25, 0.3) is 21.9 Å². The second-order valence-corrected chi connectivity index (χ2v) is 7.58. The number of likely N-dealkylation sites (tertiary alicyclic amines) is 1. The molecule has 1 N–H and O–H groups in total. The molecule has 6 heteroatoms. The van der Waals surface area contributed by atoms with E-state index in [2.05, 4.69) is 26.7 Å². The minimum atomic E-state index is 0.230. The number of carbonyl (C=O) groups excluding carboxylic acids is 1. The van der Waals surface area contributed by atoms with Crippen LogP contribution in [0.3, 0.4) is 0 Å². The van der Waals surface area contributed by atoms with Crippen LogP contribution in [0.2, 0.25) is 0 Å². The molecule has 1 aliphatic rings. The lowest BCUT2D eigenvalue weighted by molar-refractivity contribution is -0.130. The first-order valence-corrected chi connectivity index (χ1v) is 9.80. The van der Waals surface area contributed by atoms with Crippen molar-refractivity contribution in [1.82, 2.24) is 24.4 Å². The number of nitrogens with zero attached hydrogens (tertiary/aromatic N) is 4. The van der Waals surface area contributed by atoms with Gasteiger partial charge in [0.2, 0.25) is 5.91 Å². The number of aromatic nitrogens is 4. The third kappa shape index (κ3) is 2.85. The second kappa shape index (κ2) is 6.78. The normalized spacial score (nSPS) is 17.0. The van der Waals surface area contributed by atoms with Crippen LogP contribution in [-0.4, -0.2) is 43.4 Å². The van der Waals surface area contributed by atoms with Crippen molar-refractivity contribution < 1.29 is 4.79 Å². The van der Waals surface area contributed by atoms with E-state index in [9.17, 15) is 4.79 Å². The molecule has 5 rings (SSSR count). The molecule has 1 atom stereocenters. The Labute approximate surface area is 163 Å². The molecule has 142 valence electrons. The lowest BCUT2D eigenvalue weighted by Crippen LogP contribution is -2.28. The van der Waals surface area contributed by atoms with Crippen LogP contribution in [0.1, 0.15) is 30.1 Å². The highest BCUT2D eigenvalue weighted by Crippen LogP contribution is 2.29. The topological polar surface area (TPSA) is 66.8 Å². The van der Waals surface area contributed by atoms with Crippen LogP contribution in [-0.2, 0) is 18.3 Å². The number of fused-ring (bicyclic) bond motifs is 2. The number of aryl methyl sites for hydroxylation is 2. The predicted molar refractivity (Wildman–Crippen MR) is 109 cm³/mol. The van der Waals surface area contributed by atoms with Gasteiger partial charge in [0.05, 0.1) is 17.2 Å². The van der Waals surface area contributed by atoms with Gasteiger partial charge in [0.25, 0.3) is 0 Å². The predicted octanol–water partition coefficient (Wildman–Crippen LogP) is 3.40. The molecule has 6 nitrogen and oxygen atoms in total. The summed E-state index contributed by atoms with van der Waals surface area (Å²) >= 11 is 0. The third-order valence-corrected chi connectivity index (χ3v) is 5.91. The number of hydrogen-bond donors (Lipinski definition) is 1. The van der Waals surface area contributed by atoms with Crippen LogP contribution in [0, 0.1) is 0 Å². The number of aromatic amines is 1. The van der Waals surface area contributed by atoms with Gasteiger partial charge in [-0.05, 0) is 30.5 Å². The van der Waals surface area contributed by atoms with Crippen molar-refractivity contribution in [3.05, 3.63) is 60.3 Å². The van der Waals surface area contributed by atoms with Crippen molar-refractivity contribution >= 4 is 27.8 Å². The van der Waals surface area contributed by atoms with Crippen molar-refractivity contribution in [2.75, 3.05) is 13.1 Å². The van der Waals surface area contributed by atoms with Crippen LogP contribution in [0.5, 0.6) is 0 Å². The fourth-order valence-corrected chi connectivity index (χ4v) is 4.35. The summed E-state index contributed by atoms with van der Waals surface area (Å²) in [5, 5.41) is 1.21. The number of nitrogens with one attached hydrogen (secondary N) is 1. The molecule has 1 aliphatic heterocycles. The van der Waals surface area contributed by atoms with E-state index in [0.717, 1.165) is 48.3 Å². The molecule has 0 radical (unpaired) electrons. The first-order valence-electron chi connectivity index (χ1n) is 9.80. The van der Waals surface area contributed by atoms with E-state index in [0.29, 0.717) is 6.42 Å². The van der Waals surface area contributed by atoms with Gasteiger partial charge in [0.15, 0.2) is 0 Å². The average Bonchev–Trinajstić information content (AvgIpc) is 3.44. The van der Waals surface area contributed by atoms with Gasteiger partial charge in [-0.15, -0.1) is 0 Å². The lowest BCUT2D eigenvalue weighted by atomic mass is 10.1. The largest absolute Gasteiger partial charge is 0.361 e. The highest BCUT2D eigenvalue weighted by molar-refractivity contribution is 5.84. The van der Waals surface area contributed by atoms with E-state index < -0.39 is 0 Å². The summed E-state index contributed by atoms with van der Waals surface area (Å²) < 4.78 is 2.12. The number of hydrogen-bond acceptors (Lipinski definition) is 3. The Morgan fingerprint density at radius 2 is 2.18 bits per heavy atom. The summed E-state index contributed by atoms with van der Waals surface area (Å²) in [6, 6.07) is 10.2. The molecule has 1 amide bonds. The molecule has 0 aliphatic carbocycles. The van der Waals surface area contributed by atoms with Gasteiger partial charge in [-0.25, -0.2) is 4.98 Å². The number of pyridine rings is 1. The summed E-state index contributed by atoms with van der Waals surface area (Å²) in [6.07, 6.45) is 7.92. The Morgan fingerprint density at radius 1 is 1.29 bits per heavy atom. The van der Waals surface area contributed by atoms with Gasteiger partial charge in [-0.3, -0.25) is 9.78 Å². The molecule has 1 fully saturated rings. The monoisotopic (exact) mass is 373 g/mol. The number of para-hydroxylation sites is 1. The Hall–Kier alpha value is -3.15.